The first kappa shape index (κ1) is 10.3. The molecule has 0 aliphatic carbocycles. The molecule has 4 nitrogen and oxygen atoms in total. The first-order chi connectivity index (χ1) is 6.00. The number of rotatable bonds is 2. The first-order valence-corrected chi connectivity index (χ1v) is 5.28. The SMILES string of the molecule is Cc1nc(N)c(C[SH](=O)=O)cc1Cl. The van der Waals surface area contributed by atoms with Gasteiger partial charge in [-0.2, -0.15) is 0 Å². The van der Waals surface area contributed by atoms with E-state index in [4.69, 9.17) is 17.3 Å². The Morgan fingerprint density at radius 1 is 1.62 bits per heavy atom. The molecule has 0 amide bonds. The van der Waals surface area contributed by atoms with Crippen molar-refractivity contribution in [3.63, 3.8) is 0 Å². The van der Waals surface area contributed by atoms with Crippen LogP contribution in [0.3, 0.4) is 0 Å². The van der Waals surface area contributed by atoms with Crippen LogP contribution in [0.15, 0.2) is 6.07 Å². The molecule has 0 bridgehead atoms. The molecule has 0 spiro atoms. The maximum atomic E-state index is 10.4. The van der Waals surface area contributed by atoms with Crippen molar-refractivity contribution in [3.05, 3.63) is 22.3 Å². The minimum absolute atomic E-state index is 0.117. The number of hydrogen-bond acceptors (Lipinski definition) is 4. The Balaban J connectivity index is 3.15. The van der Waals surface area contributed by atoms with Crippen molar-refractivity contribution in [2.24, 2.45) is 0 Å². The number of nitrogens with two attached hydrogens (primary N) is 1. The molecule has 0 atom stereocenters. The Morgan fingerprint density at radius 3 is 2.77 bits per heavy atom. The Morgan fingerprint density at radius 2 is 2.23 bits per heavy atom. The molecule has 13 heavy (non-hydrogen) atoms. The highest BCUT2D eigenvalue weighted by molar-refractivity contribution is 7.71. The molecular formula is C7H9ClN2O2S. The molecule has 1 aromatic heterocycles. The zero-order chi connectivity index (χ0) is 10.0. The van der Waals surface area contributed by atoms with Crippen LogP contribution in [0.5, 0.6) is 0 Å². The standard InChI is InChI=1S/C7H9ClN2O2S/c1-4-6(8)2-5(3-13(11)12)7(9)10-4/h2,13H,3H2,1H3,(H2,9,10). The molecule has 0 saturated heterocycles. The van der Waals surface area contributed by atoms with Crippen molar-refractivity contribution in [2.45, 2.75) is 12.7 Å². The van der Waals surface area contributed by atoms with Gasteiger partial charge in [-0.3, -0.25) is 0 Å². The fourth-order valence-electron chi connectivity index (χ4n) is 0.903. The van der Waals surface area contributed by atoms with Crippen molar-refractivity contribution in [2.75, 3.05) is 5.73 Å². The van der Waals surface area contributed by atoms with Crippen LogP contribution in [-0.2, 0) is 16.5 Å². The van der Waals surface area contributed by atoms with Gasteiger partial charge in [0.05, 0.1) is 16.5 Å². The number of halogens is 1. The summed E-state index contributed by atoms with van der Waals surface area (Å²) in [5.41, 5.74) is 6.55. The van der Waals surface area contributed by atoms with Crippen LogP contribution < -0.4 is 5.73 Å². The lowest BCUT2D eigenvalue weighted by Crippen LogP contribution is -2.00. The fraction of sp³-hybridized carbons (Fsp3) is 0.286. The van der Waals surface area contributed by atoms with Crippen molar-refractivity contribution in [1.82, 2.24) is 4.98 Å². The summed E-state index contributed by atoms with van der Waals surface area (Å²) in [7, 11) is -2.49. The van der Waals surface area contributed by atoms with E-state index in [0.717, 1.165) is 0 Å². The summed E-state index contributed by atoms with van der Waals surface area (Å²) in [5.74, 6) is 0.106. The summed E-state index contributed by atoms with van der Waals surface area (Å²) in [6.45, 7) is 1.71. The zero-order valence-electron chi connectivity index (χ0n) is 6.95. The van der Waals surface area contributed by atoms with Crippen LogP contribution in [0.4, 0.5) is 5.82 Å². The maximum absolute atomic E-state index is 10.4. The summed E-state index contributed by atoms with van der Waals surface area (Å²) < 4.78 is 20.9. The highest BCUT2D eigenvalue weighted by atomic mass is 35.5. The third-order valence-corrected chi connectivity index (χ3v) is 2.54. The number of hydrogen-bond donors (Lipinski definition) is 2. The lowest BCUT2D eigenvalue weighted by Gasteiger charge is -2.03. The van der Waals surface area contributed by atoms with E-state index in [1.807, 2.05) is 0 Å². The first-order valence-electron chi connectivity index (χ1n) is 3.54. The van der Waals surface area contributed by atoms with Crippen molar-refractivity contribution in [1.29, 1.82) is 0 Å². The van der Waals surface area contributed by atoms with Gasteiger partial charge >= 0.3 is 0 Å². The summed E-state index contributed by atoms with van der Waals surface area (Å²) in [6, 6.07) is 1.53. The maximum Gasteiger partial charge on any atom is 0.144 e. The van der Waals surface area contributed by atoms with Crippen molar-refractivity contribution in [3.8, 4) is 0 Å². The molecule has 1 heterocycles. The van der Waals surface area contributed by atoms with E-state index >= 15 is 0 Å². The lowest BCUT2D eigenvalue weighted by atomic mass is 10.2. The number of aryl methyl sites for hydroxylation is 1. The molecule has 0 fully saturated rings. The topological polar surface area (TPSA) is 73.0 Å². The molecule has 1 aromatic rings. The molecule has 1 rings (SSSR count). The molecule has 0 saturated carbocycles. The Kier molecular flexibility index (Phi) is 3.11. The van der Waals surface area contributed by atoms with Gasteiger partial charge < -0.3 is 5.73 Å². The van der Waals surface area contributed by atoms with E-state index in [9.17, 15) is 8.42 Å². The molecule has 0 aliphatic rings. The monoisotopic (exact) mass is 220 g/mol. The highest BCUT2D eigenvalue weighted by Crippen LogP contribution is 2.19. The second-order valence-corrected chi connectivity index (χ2v) is 3.98. The van der Waals surface area contributed by atoms with Gasteiger partial charge in [-0.15, -0.1) is 0 Å². The number of thiol groups is 1. The van der Waals surface area contributed by atoms with Crippen molar-refractivity contribution < 1.29 is 8.42 Å². The summed E-state index contributed by atoms with van der Waals surface area (Å²) in [4.78, 5) is 3.90. The number of nitrogen functional groups attached to an aromatic ring is 1. The molecule has 0 radical (unpaired) electrons. The molecule has 0 aromatic carbocycles. The van der Waals surface area contributed by atoms with E-state index in [1.54, 1.807) is 6.92 Å². The van der Waals surface area contributed by atoms with Gasteiger partial charge in [0.25, 0.3) is 0 Å². The van der Waals surface area contributed by atoms with Gasteiger partial charge in [0.2, 0.25) is 0 Å². The second-order valence-electron chi connectivity index (χ2n) is 2.59. The average Bonchev–Trinajstić information content (AvgIpc) is 1.99. The van der Waals surface area contributed by atoms with Crippen LogP contribution in [-0.4, -0.2) is 13.4 Å². The second kappa shape index (κ2) is 3.93. The molecule has 2 N–H and O–H groups in total. The van der Waals surface area contributed by atoms with E-state index in [0.29, 0.717) is 16.3 Å². The Bertz CT molecular complexity index is 396. The summed E-state index contributed by atoms with van der Waals surface area (Å²) in [5, 5.41) is 0.432. The fourth-order valence-corrected chi connectivity index (χ4v) is 1.61. The molecule has 0 unspecified atom stereocenters. The predicted octanol–water partition coefficient (Wildman–Crippen LogP) is 0.737. The van der Waals surface area contributed by atoms with Gasteiger partial charge in [0, 0.05) is 5.56 Å². The predicted molar refractivity (Wildman–Crippen MR) is 52.4 cm³/mol. The number of nitrogens with zero attached hydrogens (tertiary/aromatic N) is 1. The van der Waals surface area contributed by atoms with Gasteiger partial charge in [0.1, 0.15) is 16.5 Å². The molecule has 0 aliphatic heterocycles. The minimum Gasteiger partial charge on any atom is -0.383 e. The van der Waals surface area contributed by atoms with Crippen LogP contribution in [0, 0.1) is 6.92 Å². The summed E-state index contributed by atoms with van der Waals surface area (Å²) in [6.07, 6.45) is 0. The number of pyridine rings is 1. The molecular weight excluding hydrogens is 212 g/mol. The third kappa shape index (κ3) is 2.57. The number of anilines is 1. The quantitative estimate of drug-likeness (QED) is 0.721. The minimum atomic E-state index is -2.49. The summed E-state index contributed by atoms with van der Waals surface area (Å²) >= 11 is 5.75. The smallest absolute Gasteiger partial charge is 0.144 e. The van der Waals surface area contributed by atoms with Crippen LogP contribution in [0.2, 0.25) is 5.02 Å². The zero-order valence-corrected chi connectivity index (χ0v) is 8.60. The van der Waals surface area contributed by atoms with Crippen LogP contribution in [0.25, 0.3) is 0 Å². The Labute approximate surface area is 82.7 Å². The van der Waals surface area contributed by atoms with Gasteiger partial charge in [-0.25, -0.2) is 13.4 Å². The average molecular weight is 221 g/mol. The van der Waals surface area contributed by atoms with E-state index in [1.165, 1.54) is 6.07 Å². The van der Waals surface area contributed by atoms with Gasteiger partial charge in [-0.05, 0) is 13.0 Å². The lowest BCUT2D eigenvalue weighted by molar-refractivity contribution is 0.614. The normalized spacial score (nSPS) is 10.7. The highest BCUT2D eigenvalue weighted by Gasteiger charge is 2.05. The van der Waals surface area contributed by atoms with E-state index in [-0.39, 0.29) is 11.6 Å². The number of aromatic nitrogens is 1. The van der Waals surface area contributed by atoms with E-state index in [2.05, 4.69) is 4.98 Å². The van der Waals surface area contributed by atoms with Crippen LogP contribution in [0.1, 0.15) is 11.3 Å². The molecule has 6 heteroatoms. The third-order valence-electron chi connectivity index (χ3n) is 1.56. The Hall–Kier alpha value is -0.810. The van der Waals surface area contributed by atoms with E-state index < -0.39 is 10.7 Å². The van der Waals surface area contributed by atoms with Gasteiger partial charge in [0.15, 0.2) is 0 Å². The van der Waals surface area contributed by atoms with Gasteiger partial charge in [-0.1, -0.05) is 11.6 Å². The van der Waals surface area contributed by atoms with Crippen LogP contribution >= 0.6 is 11.6 Å². The largest absolute Gasteiger partial charge is 0.383 e. The van der Waals surface area contributed by atoms with Crippen molar-refractivity contribution >= 4 is 28.1 Å². The molecule has 72 valence electrons.